The number of hydrogen-bond acceptors (Lipinski definition) is 6. The van der Waals surface area contributed by atoms with Crippen LogP contribution in [0.15, 0.2) is 11.2 Å². The van der Waals surface area contributed by atoms with Crippen molar-refractivity contribution in [2.75, 3.05) is 17.3 Å². The molecular weight excluding hydrogens is 372 g/mol. The van der Waals surface area contributed by atoms with Crippen LogP contribution in [0.1, 0.15) is 53.4 Å². The number of hydrogen-bond donors (Lipinski definition) is 1. The Morgan fingerprint density at radius 3 is 2.85 bits per heavy atom. The van der Waals surface area contributed by atoms with Crippen LogP contribution in [0.25, 0.3) is 0 Å². The summed E-state index contributed by atoms with van der Waals surface area (Å²) in [6, 6.07) is 1.79. The van der Waals surface area contributed by atoms with Gasteiger partial charge in [0.15, 0.2) is 15.6 Å². The quantitative estimate of drug-likeness (QED) is 0.570. The zero-order valence-electron chi connectivity index (χ0n) is 15.3. The van der Waals surface area contributed by atoms with Crippen molar-refractivity contribution < 1.29 is 13.2 Å². The molecule has 1 aliphatic heterocycles. The van der Waals surface area contributed by atoms with Gasteiger partial charge in [0.25, 0.3) is 0 Å². The fourth-order valence-electron chi connectivity index (χ4n) is 3.50. The number of aromatic amines is 1. The van der Waals surface area contributed by atoms with Gasteiger partial charge in [-0.15, -0.1) is 5.10 Å². The van der Waals surface area contributed by atoms with Crippen LogP contribution in [0.3, 0.4) is 0 Å². The highest BCUT2D eigenvalue weighted by atomic mass is 32.2. The Balaban J connectivity index is 1.70. The maximum absolute atomic E-state index is 12.7. The van der Waals surface area contributed by atoms with Crippen LogP contribution in [-0.4, -0.2) is 51.2 Å². The predicted molar refractivity (Wildman–Crippen MR) is 102 cm³/mol. The molecule has 0 aromatic carbocycles. The molecule has 1 unspecified atom stereocenters. The molecule has 0 saturated carbocycles. The molecule has 0 aliphatic carbocycles. The minimum atomic E-state index is -2.97. The number of H-pyrrole nitrogens is 1. The molecule has 2 aromatic rings. The van der Waals surface area contributed by atoms with Gasteiger partial charge in [0.05, 0.1) is 17.3 Å². The van der Waals surface area contributed by atoms with Crippen LogP contribution in [-0.2, 0) is 16.3 Å². The van der Waals surface area contributed by atoms with Crippen LogP contribution in [0, 0.1) is 13.8 Å². The topological polar surface area (TPSA) is 97.7 Å². The number of sulfone groups is 1. The lowest BCUT2D eigenvalue weighted by atomic mass is 10.2. The van der Waals surface area contributed by atoms with Gasteiger partial charge in [0, 0.05) is 29.4 Å². The average molecular weight is 397 g/mol. The van der Waals surface area contributed by atoms with E-state index in [1.807, 2.05) is 24.5 Å². The van der Waals surface area contributed by atoms with Gasteiger partial charge in [-0.05, 0) is 32.8 Å². The molecule has 26 heavy (non-hydrogen) atoms. The lowest BCUT2D eigenvalue weighted by molar-refractivity contribution is 0.102. The molecule has 2 aromatic heterocycles. The lowest BCUT2D eigenvalue weighted by Gasteiger charge is -2.16. The molecular formula is C17H24N4O3S2. The standard InChI is InChI=1S/C17H24N4O3S2/c1-4-5-16-18-17(20-19-16)25-9-15(22)14-8-11(2)21(12(14)3)13-6-7-26(23,24)10-13/h8,13H,4-7,9-10H2,1-3H3,(H,18,19,20). The number of ketones is 1. The van der Waals surface area contributed by atoms with Crippen molar-refractivity contribution in [1.29, 1.82) is 0 Å². The van der Waals surface area contributed by atoms with Gasteiger partial charge in [-0.2, -0.15) is 0 Å². The molecule has 3 rings (SSSR count). The van der Waals surface area contributed by atoms with Crippen molar-refractivity contribution in [2.45, 2.75) is 51.2 Å². The second-order valence-electron chi connectivity index (χ2n) is 6.74. The number of aromatic nitrogens is 4. The van der Waals surface area contributed by atoms with Crippen LogP contribution in [0.2, 0.25) is 0 Å². The maximum Gasteiger partial charge on any atom is 0.208 e. The number of aryl methyl sites for hydroxylation is 2. The number of carbonyl (C=O) groups is 1. The van der Waals surface area contributed by atoms with Gasteiger partial charge in [-0.1, -0.05) is 18.7 Å². The lowest BCUT2D eigenvalue weighted by Crippen LogP contribution is -2.14. The number of Topliss-reactive ketones (excluding diaryl/α,β-unsaturated/α-hetero) is 1. The second-order valence-corrected chi connectivity index (χ2v) is 9.91. The van der Waals surface area contributed by atoms with E-state index in [9.17, 15) is 13.2 Å². The minimum Gasteiger partial charge on any atom is -0.344 e. The molecule has 1 fully saturated rings. The van der Waals surface area contributed by atoms with E-state index in [2.05, 4.69) is 22.1 Å². The first-order valence-electron chi connectivity index (χ1n) is 8.77. The minimum absolute atomic E-state index is 0.0112. The van der Waals surface area contributed by atoms with E-state index in [0.29, 0.717) is 17.1 Å². The van der Waals surface area contributed by atoms with E-state index in [0.717, 1.165) is 30.1 Å². The number of rotatable bonds is 7. The first-order chi connectivity index (χ1) is 12.3. The Morgan fingerprint density at radius 1 is 1.42 bits per heavy atom. The zero-order chi connectivity index (χ0) is 18.9. The third-order valence-electron chi connectivity index (χ3n) is 4.69. The Labute approximate surface area is 157 Å². The predicted octanol–water partition coefficient (Wildman–Crippen LogP) is 2.51. The Bertz CT molecular complexity index is 915. The van der Waals surface area contributed by atoms with Crippen LogP contribution in [0.5, 0.6) is 0 Å². The summed E-state index contributed by atoms with van der Waals surface area (Å²) in [7, 11) is -2.97. The number of nitrogens with zero attached hydrogens (tertiary/aromatic N) is 3. The third-order valence-corrected chi connectivity index (χ3v) is 7.29. The van der Waals surface area contributed by atoms with Crippen molar-refractivity contribution in [1.82, 2.24) is 19.7 Å². The summed E-state index contributed by atoms with van der Waals surface area (Å²) in [5.74, 6) is 1.48. The van der Waals surface area contributed by atoms with E-state index in [-0.39, 0.29) is 29.1 Å². The summed E-state index contributed by atoms with van der Waals surface area (Å²) < 4.78 is 25.6. The van der Waals surface area contributed by atoms with Crippen LogP contribution in [0.4, 0.5) is 0 Å². The monoisotopic (exact) mass is 396 g/mol. The molecule has 1 atom stereocenters. The van der Waals surface area contributed by atoms with Gasteiger partial charge >= 0.3 is 0 Å². The van der Waals surface area contributed by atoms with Crippen molar-refractivity contribution in [3.63, 3.8) is 0 Å². The smallest absolute Gasteiger partial charge is 0.208 e. The molecule has 0 spiro atoms. The first kappa shape index (κ1) is 19.2. The van der Waals surface area contributed by atoms with Crippen molar-refractivity contribution in [3.8, 4) is 0 Å². The molecule has 142 valence electrons. The molecule has 1 N–H and O–H groups in total. The van der Waals surface area contributed by atoms with Crippen LogP contribution >= 0.6 is 11.8 Å². The summed E-state index contributed by atoms with van der Waals surface area (Å²) in [5.41, 5.74) is 2.43. The largest absolute Gasteiger partial charge is 0.344 e. The highest BCUT2D eigenvalue weighted by Crippen LogP contribution is 2.29. The SMILES string of the molecule is CCCc1nc(SCC(=O)c2cc(C)n(C3CCS(=O)(=O)C3)c2C)n[nH]1. The highest BCUT2D eigenvalue weighted by Gasteiger charge is 2.31. The van der Waals surface area contributed by atoms with Crippen molar-refractivity contribution in [2.24, 2.45) is 0 Å². The fraction of sp³-hybridized carbons (Fsp3) is 0.588. The highest BCUT2D eigenvalue weighted by molar-refractivity contribution is 7.99. The van der Waals surface area contributed by atoms with Gasteiger partial charge in [-0.25, -0.2) is 13.4 Å². The second kappa shape index (κ2) is 7.56. The van der Waals surface area contributed by atoms with Gasteiger partial charge in [-0.3, -0.25) is 9.89 Å². The fourth-order valence-corrected chi connectivity index (χ4v) is 5.90. The molecule has 0 bridgehead atoms. The van der Waals surface area contributed by atoms with Gasteiger partial charge < -0.3 is 4.57 Å². The molecule has 0 radical (unpaired) electrons. The maximum atomic E-state index is 12.7. The Kier molecular flexibility index (Phi) is 5.57. The summed E-state index contributed by atoms with van der Waals surface area (Å²) in [6.45, 7) is 5.89. The summed E-state index contributed by atoms with van der Waals surface area (Å²) in [4.78, 5) is 17.0. The zero-order valence-corrected chi connectivity index (χ0v) is 16.9. The Hall–Kier alpha value is -1.61. The van der Waals surface area contributed by atoms with E-state index < -0.39 is 9.84 Å². The average Bonchev–Trinajstić information content (AvgIpc) is 3.24. The normalized spacial score (nSPS) is 19.1. The van der Waals surface area contributed by atoms with Gasteiger partial charge in [0.2, 0.25) is 5.16 Å². The number of thioether (sulfide) groups is 1. The number of carbonyl (C=O) groups excluding carboxylic acids is 1. The van der Waals surface area contributed by atoms with Crippen LogP contribution < -0.4 is 0 Å². The molecule has 7 nitrogen and oxygen atoms in total. The van der Waals surface area contributed by atoms with E-state index in [1.54, 1.807) is 0 Å². The van der Waals surface area contributed by atoms with E-state index >= 15 is 0 Å². The molecule has 1 saturated heterocycles. The summed E-state index contributed by atoms with van der Waals surface area (Å²) in [5, 5.41) is 7.59. The van der Waals surface area contributed by atoms with Gasteiger partial charge in [0.1, 0.15) is 5.82 Å². The molecule has 9 heteroatoms. The third kappa shape index (κ3) is 4.03. The van der Waals surface area contributed by atoms with Crippen molar-refractivity contribution in [3.05, 3.63) is 28.8 Å². The summed E-state index contributed by atoms with van der Waals surface area (Å²) in [6.07, 6.45) is 2.44. The molecule has 0 amide bonds. The molecule has 3 heterocycles. The van der Waals surface area contributed by atoms with E-state index in [4.69, 9.17) is 0 Å². The summed E-state index contributed by atoms with van der Waals surface area (Å²) >= 11 is 1.32. The first-order valence-corrected chi connectivity index (χ1v) is 11.6. The molecule has 1 aliphatic rings. The number of nitrogens with one attached hydrogen (secondary N) is 1. The van der Waals surface area contributed by atoms with Crippen molar-refractivity contribution >= 4 is 27.4 Å². The Morgan fingerprint density at radius 2 is 2.19 bits per heavy atom. The van der Waals surface area contributed by atoms with E-state index in [1.165, 1.54) is 11.8 Å².